The molecule has 1 amide bonds. The lowest BCUT2D eigenvalue weighted by Crippen LogP contribution is -2.45. The number of nitrogens with one attached hydrogen (secondary N) is 1. The first kappa shape index (κ1) is 11.9. The van der Waals surface area contributed by atoms with Gasteiger partial charge in [0.05, 0.1) is 0 Å². The summed E-state index contributed by atoms with van der Waals surface area (Å²) in [6, 6.07) is 3.01. The van der Waals surface area contributed by atoms with Crippen LogP contribution >= 0.6 is 0 Å². The van der Waals surface area contributed by atoms with Gasteiger partial charge in [0, 0.05) is 38.0 Å². The van der Waals surface area contributed by atoms with Crippen molar-refractivity contribution in [1.82, 2.24) is 15.0 Å². The van der Waals surface area contributed by atoms with Gasteiger partial charge in [0.1, 0.15) is 0 Å². The summed E-state index contributed by atoms with van der Waals surface area (Å²) < 4.78 is 1.44. The van der Waals surface area contributed by atoms with Gasteiger partial charge in [-0.2, -0.15) is 0 Å². The Kier molecular flexibility index (Phi) is 3.58. The van der Waals surface area contributed by atoms with E-state index in [1.807, 2.05) is 5.01 Å². The van der Waals surface area contributed by atoms with Gasteiger partial charge >= 0.3 is 0 Å². The van der Waals surface area contributed by atoms with E-state index in [9.17, 15) is 9.59 Å². The van der Waals surface area contributed by atoms with Crippen LogP contribution in [0.2, 0.25) is 0 Å². The van der Waals surface area contributed by atoms with Crippen LogP contribution in [0.15, 0.2) is 23.1 Å². The third-order valence-electron chi connectivity index (χ3n) is 2.98. The van der Waals surface area contributed by atoms with Crippen molar-refractivity contribution in [2.45, 2.75) is 19.3 Å². The molecule has 0 bridgehead atoms. The third kappa shape index (κ3) is 2.94. The Balaban J connectivity index is 2.03. The first-order valence-corrected chi connectivity index (χ1v) is 5.89. The zero-order chi connectivity index (χ0) is 12.3. The average molecular weight is 235 g/mol. The molecule has 0 unspecified atom stereocenters. The fraction of sp³-hybridized carbons (Fsp3) is 0.500. The lowest BCUT2D eigenvalue weighted by molar-refractivity contribution is 0.0750. The van der Waals surface area contributed by atoms with Crippen LogP contribution < -0.4 is 11.0 Å². The maximum absolute atomic E-state index is 11.9. The molecule has 17 heavy (non-hydrogen) atoms. The largest absolute Gasteiger partial charge is 0.319 e. The highest BCUT2D eigenvalue weighted by Gasteiger charge is 2.14. The molecule has 5 heteroatoms. The molecule has 2 rings (SSSR count). The molecule has 1 fully saturated rings. The highest BCUT2D eigenvalue weighted by Crippen LogP contribution is 2.06. The third-order valence-corrected chi connectivity index (χ3v) is 2.98. The normalized spacial score (nSPS) is 16.8. The summed E-state index contributed by atoms with van der Waals surface area (Å²) in [6.07, 6.45) is 5.04. The Labute approximate surface area is 100 Å². The van der Waals surface area contributed by atoms with Gasteiger partial charge in [-0.1, -0.05) is 6.42 Å². The summed E-state index contributed by atoms with van der Waals surface area (Å²) in [4.78, 5) is 23.3. The van der Waals surface area contributed by atoms with Crippen LogP contribution in [0.1, 0.15) is 29.6 Å². The number of hydrazine groups is 1. The molecule has 0 spiro atoms. The van der Waals surface area contributed by atoms with Gasteiger partial charge in [0.15, 0.2) is 0 Å². The summed E-state index contributed by atoms with van der Waals surface area (Å²) in [5.74, 6) is -0.204. The van der Waals surface area contributed by atoms with E-state index in [2.05, 4.69) is 5.43 Å². The van der Waals surface area contributed by atoms with E-state index in [1.54, 1.807) is 19.3 Å². The van der Waals surface area contributed by atoms with E-state index in [0.717, 1.165) is 25.9 Å². The van der Waals surface area contributed by atoms with E-state index >= 15 is 0 Å². The van der Waals surface area contributed by atoms with Crippen molar-refractivity contribution in [3.8, 4) is 0 Å². The molecule has 2 heterocycles. The van der Waals surface area contributed by atoms with E-state index in [4.69, 9.17) is 0 Å². The van der Waals surface area contributed by atoms with Gasteiger partial charge in [-0.15, -0.1) is 0 Å². The average Bonchev–Trinajstić information content (AvgIpc) is 2.34. The second-order valence-electron chi connectivity index (χ2n) is 4.35. The molecule has 5 nitrogen and oxygen atoms in total. The second-order valence-corrected chi connectivity index (χ2v) is 4.35. The summed E-state index contributed by atoms with van der Waals surface area (Å²) in [7, 11) is 1.66. The molecule has 0 aliphatic carbocycles. The van der Waals surface area contributed by atoms with Crippen LogP contribution in [-0.2, 0) is 7.05 Å². The Bertz CT molecular complexity index is 461. The molecule has 0 radical (unpaired) electrons. The summed E-state index contributed by atoms with van der Waals surface area (Å²) >= 11 is 0. The predicted molar refractivity (Wildman–Crippen MR) is 64.6 cm³/mol. The summed E-state index contributed by atoms with van der Waals surface area (Å²) in [5, 5.41) is 1.92. The number of piperidine rings is 1. The van der Waals surface area contributed by atoms with Gasteiger partial charge in [0.2, 0.25) is 0 Å². The van der Waals surface area contributed by atoms with Crippen LogP contribution in [-0.4, -0.2) is 28.6 Å². The molecule has 1 aromatic rings. The lowest BCUT2D eigenvalue weighted by atomic mass is 10.2. The zero-order valence-corrected chi connectivity index (χ0v) is 9.98. The number of carbonyl (C=O) groups excluding carboxylic acids is 1. The van der Waals surface area contributed by atoms with Crippen molar-refractivity contribution in [3.63, 3.8) is 0 Å². The molecule has 1 aliphatic rings. The van der Waals surface area contributed by atoms with E-state index < -0.39 is 0 Å². The smallest absolute Gasteiger partial charge is 0.265 e. The van der Waals surface area contributed by atoms with Gasteiger partial charge < -0.3 is 4.57 Å². The number of nitrogens with zero attached hydrogens (tertiary/aromatic N) is 2. The zero-order valence-electron chi connectivity index (χ0n) is 9.98. The minimum atomic E-state index is -0.204. The van der Waals surface area contributed by atoms with Crippen LogP contribution in [0.5, 0.6) is 0 Å². The van der Waals surface area contributed by atoms with Crippen molar-refractivity contribution in [3.05, 3.63) is 34.2 Å². The van der Waals surface area contributed by atoms with Crippen molar-refractivity contribution >= 4 is 5.91 Å². The molecule has 1 saturated heterocycles. The van der Waals surface area contributed by atoms with Crippen LogP contribution in [0.4, 0.5) is 0 Å². The van der Waals surface area contributed by atoms with Crippen LogP contribution in [0, 0.1) is 0 Å². The maximum atomic E-state index is 11.9. The number of hydrogen-bond acceptors (Lipinski definition) is 3. The number of rotatable bonds is 2. The molecule has 1 aliphatic heterocycles. The van der Waals surface area contributed by atoms with Crippen LogP contribution in [0.3, 0.4) is 0 Å². The lowest BCUT2D eigenvalue weighted by Gasteiger charge is -2.26. The molecule has 92 valence electrons. The highest BCUT2D eigenvalue weighted by molar-refractivity contribution is 5.93. The van der Waals surface area contributed by atoms with Crippen molar-refractivity contribution < 1.29 is 4.79 Å². The Morgan fingerprint density at radius 2 is 2.00 bits per heavy atom. The SMILES string of the molecule is Cn1ccc(C(=O)NN2CCCCC2)cc1=O. The number of aromatic nitrogens is 1. The maximum Gasteiger partial charge on any atom is 0.265 e. The van der Waals surface area contributed by atoms with E-state index in [1.165, 1.54) is 17.1 Å². The summed E-state index contributed by atoms with van der Waals surface area (Å²) in [5.41, 5.74) is 3.07. The second kappa shape index (κ2) is 5.14. The van der Waals surface area contributed by atoms with Crippen molar-refractivity contribution in [2.24, 2.45) is 7.05 Å². The minimum Gasteiger partial charge on any atom is -0.319 e. The fourth-order valence-electron chi connectivity index (χ4n) is 1.90. The quantitative estimate of drug-likeness (QED) is 0.813. The number of aryl methyl sites for hydroxylation is 1. The Morgan fingerprint density at radius 3 is 2.65 bits per heavy atom. The van der Waals surface area contributed by atoms with Crippen molar-refractivity contribution in [1.29, 1.82) is 0 Å². The Hall–Kier alpha value is -1.62. The van der Waals surface area contributed by atoms with Gasteiger partial charge in [-0.05, 0) is 18.9 Å². The molecule has 0 saturated carbocycles. The fourth-order valence-corrected chi connectivity index (χ4v) is 1.90. The van der Waals surface area contributed by atoms with E-state index in [0.29, 0.717) is 5.56 Å². The Morgan fingerprint density at radius 1 is 1.29 bits per heavy atom. The number of amides is 1. The molecule has 0 atom stereocenters. The van der Waals surface area contributed by atoms with Crippen LogP contribution in [0.25, 0.3) is 0 Å². The topological polar surface area (TPSA) is 54.3 Å². The van der Waals surface area contributed by atoms with Gasteiger partial charge in [0.25, 0.3) is 11.5 Å². The summed E-state index contributed by atoms with van der Waals surface area (Å²) in [6.45, 7) is 1.77. The standard InChI is InChI=1S/C12H17N3O2/c1-14-8-5-10(9-11(14)16)12(17)13-15-6-3-2-4-7-15/h5,8-9H,2-4,6-7H2,1H3,(H,13,17). The molecular weight excluding hydrogens is 218 g/mol. The predicted octanol–water partition coefficient (Wildman–Crippen LogP) is 0.516. The van der Waals surface area contributed by atoms with Gasteiger partial charge in [-0.3, -0.25) is 15.0 Å². The van der Waals surface area contributed by atoms with Gasteiger partial charge in [-0.25, -0.2) is 5.01 Å². The van der Waals surface area contributed by atoms with Crippen molar-refractivity contribution in [2.75, 3.05) is 13.1 Å². The molecule has 1 aromatic heterocycles. The first-order chi connectivity index (χ1) is 8.16. The number of pyridine rings is 1. The molecule has 1 N–H and O–H groups in total. The highest BCUT2D eigenvalue weighted by atomic mass is 16.2. The first-order valence-electron chi connectivity index (χ1n) is 5.89. The molecule has 0 aromatic carbocycles. The number of hydrogen-bond donors (Lipinski definition) is 1. The number of carbonyl (C=O) groups is 1. The minimum absolute atomic E-state index is 0.170. The molecular formula is C12H17N3O2. The van der Waals surface area contributed by atoms with E-state index in [-0.39, 0.29) is 11.5 Å². The monoisotopic (exact) mass is 235 g/mol.